The van der Waals surface area contributed by atoms with Crippen LogP contribution >= 0.6 is 11.6 Å². The number of fused-ring (bicyclic) bond motifs is 1. The van der Waals surface area contributed by atoms with E-state index in [2.05, 4.69) is 25.4 Å². The number of piperidine rings is 1. The van der Waals surface area contributed by atoms with Crippen LogP contribution in [0.3, 0.4) is 0 Å². The van der Waals surface area contributed by atoms with E-state index in [1.54, 1.807) is 17.9 Å². The van der Waals surface area contributed by atoms with E-state index in [0.29, 0.717) is 35.7 Å². The van der Waals surface area contributed by atoms with E-state index in [1.807, 2.05) is 12.1 Å². The second-order valence-corrected chi connectivity index (χ2v) is 6.90. The highest BCUT2D eigenvalue weighted by Crippen LogP contribution is 2.25. The zero-order chi connectivity index (χ0) is 18.1. The van der Waals surface area contributed by atoms with Crippen LogP contribution in [0.5, 0.6) is 0 Å². The minimum atomic E-state index is -0.117. The summed E-state index contributed by atoms with van der Waals surface area (Å²) in [6.45, 7) is 3.40. The van der Waals surface area contributed by atoms with Gasteiger partial charge in [-0.25, -0.2) is 9.78 Å². The van der Waals surface area contributed by atoms with Crippen LogP contribution in [-0.2, 0) is 6.54 Å². The summed E-state index contributed by atoms with van der Waals surface area (Å²) in [5.74, 6) is 2.03. The summed E-state index contributed by atoms with van der Waals surface area (Å²) < 4.78 is 5.05. The lowest BCUT2D eigenvalue weighted by molar-refractivity contribution is 0.177. The number of aryl methyl sites for hydroxylation is 1. The van der Waals surface area contributed by atoms with Gasteiger partial charge in [-0.3, -0.25) is 0 Å². The van der Waals surface area contributed by atoms with Crippen molar-refractivity contribution in [2.24, 2.45) is 0 Å². The maximum Gasteiger partial charge on any atom is 0.317 e. The third-order valence-corrected chi connectivity index (χ3v) is 4.75. The predicted octanol–water partition coefficient (Wildman–Crippen LogP) is 3.00. The van der Waals surface area contributed by atoms with E-state index in [1.165, 1.54) is 0 Å². The molecular formula is C17H19ClN6O2. The lowest BCUT2D eigenvalue weighted by Crippen LogP contribution is -2.45. The number of hydrogen-bond acceptors (Lipinski definition) is 5. The van der Waals surface area contributed by atoms with Crippen LogP contribution < -0.4 is 5.32 Å². The molecule has 0 radical (unpaired) electrons. The molecule has 0 aliphatic carbocycles. The topological polar surface area (TPSA) is 99.9 Å². The number of H-pyrrole nitrogens is 1. The molecule has 8 nitrogen and oxygen atoms in total. The molecule has 1 saturated heterocycles. The van der Waals surface area contributed by atoms with E-state index in [9.17, 15) is 4.79 Å². The number of hydrogen-bond donors (Lipinski definition) is 2. The number of imidazole rings is 1. The second kappa shape index (κ2) is 6.95. The van der Waals surface area contributed by atoms with Crippen molar-refractivity contribution in [3.8, 4) is 0 Å². The molecular weight excluding hydrogens is 356 g/mol. The van der Waals surface area contributed by atoms with Crippen molar-refractivity contribution in [2.75, 3.05) is 13.1 Å². The first-order valence-corrected chi connectivity index (χ1v) is 8.93. The van der Waals surface area contributed by atoms with Gasteiger partial charge in [-0.1, -0.05) is 16.8 Å². The van der Waals surface area contributed by atoms with Gasteiger partial charge in [0.05, 0.1) is 17.6 Å². The lowest BCUT2D eigenvalue weighted by atomic mass is 9.98. The average Bonchev–Trinajstić information content (AvgIpc) is 3.25. The van der Waals surface area contributed by atoms with E-state index in [4.69, 9.17) is 16.1 Å². The van der Waals surface area contributed by atoms with E-state index in [-0.39, 0.29) is 11.9 Å². The van der Waals surface area contributed by atoms with Crippen LogP contribution in [0.15, 0.2) is 22.7 Å². The monoisotopic (exact) mass is 374 g/mol. The molecule has 0 saturated carbocycles. The second-order valence-electron chi connectivity index (χ2n) is 6.46. The number of benzene rings is 1. The largest absolute Gasteiger partial charge is 0.340 e. The summed E-state index contributed by atoms with van der Waals surface area (Å²) in [6.07, 6.45) is 1.86. The summed E-state index contributed by atoms with van der Waals surface area (Å²) in [6, 6.07) is 5.34. The SMILES string of the molecule is Cc1nc([C@H]2CCCN(C(=O)NCc3nc4ccc(Cl)cc4[nH]3)C2)no1. The van der Waals surface area contributed by atoms with Gasteiger partial charge in [0, 0.05) is 31.0 Å². The van der Waals surface area contributed by atoms with Gasteiger partial charge >= 0.3 is 6.03 Å². The van der Waals surface area contributed by atoms with Gasteiger partial charge in [0.2, 0.25) is 5.89 Å². The van der Waals surface area contributed by atoms with Crippen molar-refractivity contribution in [1.29, 1.82) is 0 Å². The Morgan fingerprint density at radius 2 is 2.35 bits per heavy atom. The number of carbonyl (C=O) groups is 1. The van der Waals surface area contributed by atoms with Gasteiger partial charge in [0.15, 0.2) is 5.82 Å². The zero-order valence-corrected chi connectivity index (χ0v) is 15.1. The van der Waals surface area contributed by atoms with Crippen LogP contribution in [0.25, 0.3) is 11.0 Å². The van der Waals surface area contributed by atoms with Gasteiger partial charge in [0.25, 0.3) is 0 Å². The highest BCUT2D eigenvalue weighted by atomic mass is 35.5. The number of amides is 2. The smallest absolute Gasteiger partial charge is 0.317 e. The molecule has 3 heterocycles. The summed E-state index contributed by atoms with van der Waals surface area (Å²) in [4.78, 5) is 26.2. The summed E-state index contributed by atoms with van der Waals surface area (Å²) in [5, 5.41) is 7.55. The molecule has 1 aliphatic rings. The minimum Gasteiger partial charge on any atom is -0.340 e. The molecule has 4 rings (SSSR count). The lowest BCUT2D eigenvalue weighted by Gasteiger charge is -2.31. The first kappa shape index (κ1) is 16.8. The van der Waals surface area contributed by atoms with E-state index >= 15 is 0 Å². The Morgan fingerprint density at radius 1 is 1.46 bits per heavy atom. The first-order chi connectivity index (χ1) is 12.6. The average molecular weight is 375 g/mol. The molecule has 1 atom stereocenters. The fraction of sp³-hybridized carbons (Fsp3) is 0.412. The molecule has 2 amide bonds. The van der Waals surface area contributed by atoms with Crippen LogP contribution in [0.2, 0.25) is 5.02 Å². The standard InChI is InChI=1S/C17H19ClN6O2/c1-10-20-16(23-26-10)11-3-2-6-24(9-11)17(25)19-8-15-21-13-5-4-12(18)7-14(13)22-15/h4-5,7,11H,2-3,6,8-9H2,1H3,(H,19,25)(H,21,22)/t11-/m0/s1. The molecule has 0 unspecified atom stereocenters. The maximum absolute atomic E-state index is 12.5. The van der Waals surface area contributed by atoms with Gasteiger partial charge < -0.3 is 19.7 Å². The van der Waals surface area contributed by atoms with Gasteiger partial charge in [-0.05, 0) is 31.0 Å². The number of nitrogens with zero attached hydrogens (tertiary/aromatic N) is 4. The third kappa shape index (κ3) is 3.50. The van der Waals surface area contributed by atoms with Crippen molar-refractivity contribution < 1.29 is 9.32 Å². The van der Waals surface area contributed by atoms with Crippen LogP contribution in [-0.4, -0.2) is 44.1 Å². The molecule has 1 aromatic carbocycles. The van der Waals surface area contributed by atoms with Gasteiger partial charge in [-0.15, -0.1) is 0 Å². The molecule has 1 fully saturated rings. The Hall–Kier alpha value is -2.61. The Labute approximate surface area is 154 Å². The van der Waals surface area contributed by atoms with Crippen LogP contribution in [0.4, 0.5) is 4.79 Å². The van der Waals surface area contributed by atoms with Crippen molar-refractivity contribution in [2.45, 2.75) is 32.2 Å². The van der Waals surface area contributed by atoms with Gasteiger partial charge in [-0.2, -0.15) is 4.98 Å². The molecule has 2 aromatic heterocycles. The number of halogens is 1. The normalized spacial score (nSPS) is 17.6. The fourth-order valence-electron chi connectivity index (χ4n) is 3.24. The third-order valence-electron chi connectivity index (χ3n) is 4.52. The molecule has 26 heavy (non-hydrogen) atoms. The van der Waals surface area contributed by atoms with Crippen molar-refractivity contribution >= 4 is 28.7 Å². The summed E-state index contributed by atoms with van der Waals surface area (Å²) in [5.41, 5.74) is 1.68. The number of carbonyl (C=O) groups excluding carboxylic acids is 1. The molecule has 2 N–H and O–H groups in total. The molecule has 136 valence electrons. The van der Waals surface area contributed by atoms with Crippen molar-refractivity contribution in [1.82, 2.24) is 30.3 Å². The van der Waals surface area contributed by atoms with E-state index in [0.717, 1.165) is 30.4 Å². The molecule has 0 bridgehead atoms. The number of aromatic amines is 1. The quantitative estimate of drug-likeness (QED) is 0.734. The zero-order valence-electron chi connectivity index (χ0n) is 14.3. The Balaban J connectivity index is 1.37. The van der Waals surface area contributed by atoms with Crippen molar-refractivity contribution in [3.05, 3.63) is 40.8 Å². The minimum absolute atomic E-state index is 0.111. The Bertz CT molecular complexity index is 936. The predicted molar refractivity (Wildman–Crippen MR) is 95.9 cm³/mol. The maximum atomic E-state index is 12.5. The Morgan fingerprint density at radius 3 is 3.15 bits per heavy atom. The number of rotatable bonds is 3. The van der Waals surface area contributed by atoms with E-state index < -0.39 is 0 Å². The summed E-state index contributed by atoms with van der Waals surface area (Å²) >= 11 is 5.98. The molecule has 9 heteroatoms. The molecule has 0 spiro atoms. The molecule has 3 aromatic rings. The summed E-state index contributed by atoms with van der Waals surface area (Å²) in [7, 11) is 0. The molecule has 1 aliphatic heterocycles. The number of nitrogens with one attached hydrogen (secondary N) is 2. The van der Waals surface area contributed by atoms with Gasteiger partial charge in [0.1, 0.15) is 5.82 Å². The number of likely N-dealkylation sites (tertiary alicyclic amines) is 1. The highest BCUT2D eigenvalue weighted by molar-refractivity contribution is 6.31. The Kier molecular flexibility index (Phi) is 4.50. The first-order valence-electron chi connectivity index (χ1n) is 8.55. The van der Waals surface area contributed by atoms with Crippen LogP contribution in [0, 0.1) is 6.92 Å². The van der Waals surface area contributed by atoms with Crippen LogP contribution in [0.1, 0.15) is 36.3 Å². The van der Waals surface area contributed by atoms with Crippen molar-refractivity contribution in [3.63, 3.8) is 0 Å². The highest BCUT2D eigenvalue weighted by Gasteiger charge is 2.27. The number of aromatic nitrogens is 4. The number of urea groups is 1. The fourth-order valence-corrected chi connectivity index (χ4v) is 3.41.